The van der Waals surface area contributed by atoms with E-state index in [0.29, 0.717) is 18.5 Å². The Morgan fingerprint density at radius 2 is 1.53 bits per heavy atom. The molecule has 1 atom stereocenters. The quantitative estimate of drug-likeness (QED) is 0.661. The van der Waals surface area contributed by atoms with Gasteiger partial charge in [0.05, 0.1) is 13.5 Å². The third-order valence-corrected chi connectivity index (χ3v) is 6.83. The molecule has 2 aliphatic rings. The predicted octanol–water partition coefficient (Wildman–Crippen LogP) is 3.09. The molecule has 0 spiro atoms. The molecule has 0 bridgehead atoms. The highest BCUT2D eigenvalue weighted by molar-refractivity contribution is 5.94. The summed E-state index contributed by atoms with van der Waals surface area (Å²) in [5.41, 5.74) is 1.58. The fourth-order valence-corrected chi connectivity index (χ4v) is 4.90. The smallest absolute Gasteiger partial charge is 0.251 e. The van der Waals surface area contributed by atoms with E-state index < -0.39 is 6.04 Å². The Balaban J connectivity index is 1.24. The van der Waals surface area contributed by atoms with Crippen LogP contribution in [0.2, 0.25) is 0 Å². The normalized spacial score (nSPS) is 22.1. The topological polar surface area (TPSA) is 87.7 Å². The Morgan fingerprint density at radius 1 is 0.882 bits per heavy atom. The van der Waals surface area contributed by atoms with Crippen LogP contribution in [-0.2, 0) is 16.0 Å². The average molecular weight is 464 g/mol. The van der Waals surface area contributed by atoms with Gasteiger partial charge in [-0.3, -0.25) is 14.4 Å². The number of methoxy groups -OCH3 is 1. The van der Waals surface area contributed by atoms with Gasteiger partial charge < -0.3 is 20.3 Å². The van der Waals surface area contributed by atoms with E-state index in [1.165, 1.54) is 0 Å². The standard InChI is InChI=1S/C27H33N3O4/c1-34-23-15-9-19(10-16-23)18-25(31)30-17-5-8-24(30)27(33)29-22-13-11-21(12-14-22)28-26(32)20-6-3-2-4-7-20/h2-4,6-7,9-10,15-16,21-22,24H,5,8,11-14,17-18H2,1H3,(H,28,32)(H,29,33)/t21?,22?,24-/m1/s1. The Labute approximate surface area is 200 Å². The molecule has 7 heteroatoms. The van der Waals surface area contributed by atoms with Crippen LogP contribution < -0.4 is 15.4 Å². The third kappa shape index (κ3) is 5.95. The number of hydrogen-bond acceptors (Lipinski definition) is 4. The molecule has 180 valence electrons. The molecule has 0 aromatic heterocycles. The van der Waals surface area contributed by atoms with E-state index in [9.17, 15) is 14.4 Å². The third-order valence-electron chi connectivity index (χ3n) is 6.83. The lowest BCUT2D eigenvalue weighted by Gasteiger charge is -2.31. The van der Waals surface area contributed by atoms with Crippen LogP contribution in [0.25, 0.3) is 0 Å². The van der Waals surface area contributed by atoms with Crippen LogP contribution in [0.3, 0.4) is 0 Å². The predicted molar refractivity (Wildman–Crippen MR) is 130 cm³/mol. The number of likely N-dealkylation sites (tertiary alicyclic amines) is 1. The number of nitrogens with zero attached hydrogens (tertiary/aromatic N) is 1. The van der Waals surface area contributed by atoms with Gasteiger partial charge in [-0.25, -0.2) is 0 Å². The van der Waals surface area contributed by atoms with Crippen LogP contribution in [0.15, 0.2) is 54.6 Å². The number of nitrogens with one attached hydrogen (secondary N) is 2. The van der Waals surface area contributed by atoms with Gasteiger partial charge in [-0.2, -0.15) is 0 Å². The SMILES string of the molecule is COc1ccc(CC(=O)N2CCC[C@@H]2C(=O)NC2CCC(NC(=O)c3ccccc3)CC2)cc1. The van der Waals surface area contributed by atoms with Crippen molar-refractivity contribution in [3.8, 4) is 5.75 Å². The molecule has 0 unspecified atom stereocenters. The van der Waals surface area contributed by atoms with E-state index in [2.05, 4.69) is 10.6 Å². The Morgan fingerprint density at radius 3 is 2.18 bits per heavy atom. The largest absolute Gasteiger partial charge is 0.497 e. The Bertz CT molecular complexity index is 985. The number of amides is 3. The Kier molecular flexibility index (Phi) is 7.83. The number of carbonyl (C=O) groups is 3. The molecule has 1 aliphatic heterocycles. The molecule has 1 heterocycles. The maximum absolute atomic E-state index is 13.0. The summed E-state index contributed by atoms with van der Waals surface area (Å²) < 4.78 is 5.17. The average Bonchev–Trinajstić information content (AvgIpc) is 3.37. The van der Waals surface area contributed by atoms with Crippen molar-refractivity contribution in [2.75, 3.05) is 13.7 Å². The summed E-state index contributed by atoms with van der Waals surface area (Å²) in [6.07, 6.45) is 5.10. The molecule has 34 heavy (non-hydrogen) atoms. The lowest BCUT2D eigenvalue weighted by molar-refractivity contribution is -0.138. The molecule has 2 aromatic rings. The van der Waals surface area contributed by atoms with Gasteiger partial charge in [0.1, 0.15) is 11.8 Å². The van der Waals surface area contributed by atoms with Gasteiger partial charge in [-0.1, -0.05) is 30.3 Å². The number of benzene rings is 2. The zero-order valence-electron chi connectivity index (χ0n) is 19.7. The minimum absolute atomic E-state index is 0.0184. The number of hydrogen-bond donors (Lipinski definition) is 2. The second-order valence-electron chi connectivity index (χ2n) is 9.17. The fourth-order valence-electron chi connectivity index (χ4n) is 4.90. The second-order valence-corrected chi connectivity index (χ2v) is 9.17. The van der Waals surface area contributed by atoms with Gasteiger partial charge in [0.15, 0.2) is 0 Å². The van der Waals surface area contributed by atoms with Crippen LogP contribution in [0.1, 0.15) is 54.4 Å². The molecule has 0 radical (unpaired) electrons. The lowest BCUT2D eigenvalue weighted by Crippen LogP contribution is -2.50. The summed E-state index contributed by atoms with van der Waals surface area (Å²) >= 11 is 0. The van der Waals surface area contributed by atoms with Crippen molar-refractivity contribution < 1.29 is 19.1 Å². The molecular weight excluding hydrogens is 430 g/mol. The molecule has 2 fully saturated rings. The van der Waals surface area contributed by atoms with E-state index in [0.717, 1.165) is 43.4 Å². The number of carbonyl (C=O) groups excluding carboxylic acids is 3. The van der Waals surface area contributed by atoms with Crippen LogP contribution in [-0.4, -0.2) is 54.4 Å². The molecule has 1 saturated carbocycles. The first kappa shape index (κ1) is 23.8. The fraction of sp³-hybridized carbons (Fsp3) is 0.444. The highest BCUT2D eigenvalue weighted by Crippen LogP contribution is 2.23. The van der Waals surface area contributed by atoms with Crippen LogP contribution in [0.4, 0.5) is 0 Å². The van der Waals surface area contributed by atoms with Crippen molar-refractivity contribution in [2.45, 2.75) is 63.1 Å². The van der Waals surface area contributed by atoms with E-state index in [4.69, 9.17) is 4.74 Å². The van der Waals surface area contributed by atoms with E-state index in [1.807, 2.05) is 54.6 Å². The minimum Gasteiger partial charge on any atom is -0.497 e. The van der Waals surface area contributed by atoms with Crippen molar-refractivity contribution in [1.29, 1.82) is 0 Å². The second kappa shape index (κ2) is 11.2. The van der Waals surface area contributed by atoms with Crippen LogP contribution in [0, 0.1) is 0 Å². The molecule has 4 rings (SSSR count). The summed E-state index contributed by atoms with van der Waals surface area (Å²) in [7, 11) is 1.61. The first-order valence-corrected chi connectivity index (χ1v) is 12.1. The highest BCUT2D eigenvalue weighted by atomic mass is 16.5. The van der Waals surface area contributed by atoms with E-state index >= 15 is 0 Å². The van der Waals surface area contributed by atoms with Gasteiger partial charge in [0, 0.05) is 24.2 Å². The molecule has 7 nitrogen and oxygen atoms in total. The molecule has 3 amide bonds. The van der Waals surface area contributed by atoms with Crippen molar-refractivity contribution in [1.82, 2.24) is 15.5 Å². The van der Waals surface area contributed by atoms with Gasteiger partial charge in [-0.05, 0) is 68.4 Å². The summed E-state index contributed by atoms with van der Waals surface area (Å²) in [6.45, 7) is 0.616. The van der Waals surface area contributed by atoms with Crippen LogP contribution in [0.5, 0.6) is 5.75 Å². The van der Waals surface area contributed by atoms with Crippen molar-refractivity contribution in [3.05, 3.63) is 65.7 Å². The lowest BCUT2D eigenvalue weighted by atomic mass is 9.90. The van der Waals surface area contributed by atoms with Gasteiger partial charge >= 0.3 is 0 Å². The first-order valence-electron chi connectivity index (χ1n) is 12.1. The Hall–Kier alpha value is -3.35. The maximum Gasteiger partial charge on any atom is 0.251 e. The first-order chi connectivity index (χ1) is 16.5. The van der Waals surface area contributed by atoms with Crippen LogP contribution >= 0.6 is 0 Å². The molecular formula is C27H33N3O4. The van der Waals surface area contributed by atoms with Crippen molar-refractivity contribution in [3.63, 3.8) is 0 Å². The monoisotopic (exact) mass is 463 g/mol. The zero-order chi connectivity index (χ0) is 23.9. The summed E-state index contributed by atoms with van der Waals surface area (Å²) in [5.74, 6) is 0.626. The number of rotatable bonds is 7. The van der Waals surface area contributed by atoms with Crippen molar-refractivity contribution >= 4 is 17.7 Å². The van der Waals surface area contributed by atoms with Gasteiger partial charge in [0.25, 0.3) is 5.91 Å². The molecule has 1 saturated heterocycles. The summed E-state index contributed by atoms with van der Waals surface area (Å²) in [4.78, 5) is 40.0. The molecule has 2 aromatic carbocycles. The van der Waals surface area contributed by atoms with Crippen molar-refractivity contribution in [2.24, 2.45) is 0 Å². The van der Waals surface area contributed by atoms with Gasteiger partial charge in [0.2, 0.25) is 11.8 Å². The minimum atomic E-state index is -0.402. The summed E-state index contributed by atoms with van der Waals surface area (Å²) in [6, 6.07) is 16.5. The molecule has 1 aliphatic carbocycles. The van der Waals surface area contributed by atoms with E-state index in [1.54, 1.807) is 12.0 Å². The summed E-state index contributed by atoms with van der Waals surface area (Å²) in [5, 5.41) is 6.27. The van der Waals surface area contributed by atoms with Gasteiger partial charge in [-0.15, -0.1) is 0 Å². The molecule has 2 N–H and O–H groups in total. The maximum atomic E-state index is 13.0. The highest BCUT2D eigenvalue weighted by Gasteiger charge is 2.35. The van der Waals surface area contributed by atoms with E-state index in [-0.39, 0.29) is 36.2 Å². The zero-order valence-corrected chi connectivity index (χ0v) is 19.7. The number of ether oxygens (including phenoxy) is 1.